The summed E-state index contributed by atoms with van der Waals surface area (Å²) in [5.74, 6) is 0.778. The van der Waals surface area contributed by atoms with E-state index >= 15 is 0 Å². The highest BCUT2D eigenvalue weighted by Gasteiger charge is 2.12. The minimum atomic E-state index is 0.520. The van der Waals surface area contributed by atoms with Crippen LogP contribution in [-0.4, -0.2) is 4.98 Å². The van der Waals surface area contributed by atoms with Gasteiger partial charge in [0.15, 0.2) is 5.75 Å². The van der Waals surface area contributed by atoms with Gasteiger partial charge in [0.1, 0.15) is 12.1 Å². The Morgan fingerprint density at radius 3 is 2.52 bits per heavy atom. The van der Waals surface area contributed by atoms with E-state index in [1.165, 1.54) is 0 Å². The van der Waals surface area contributed by atoms with Crippen molar-refractivity contribution in [1.29, 1.82) is 0 Å². The van der Waals surface area contributed by atoms with E-state index < -0.39 is 0 Å². The molecule has 2 nitrogen and oxygen atoms in total. The number of halogens is 2. The van der Waals surface area contributed by atoms with Crippen molar-refractivity contribution in [2.75, 3.05) is 0 Å². The number of aromatic nitrogens is 1. The highest BCUT2D eigenvalue weighted by molar-refractivity contribution is 9.11. The Kier molecular flexibility index (Phi) is 4.27. The highest BCUT2D eigenvalue weighted by atomic mass is 79.9. The van der Waals surface area contributed by atoms with E-state index in [2.05, 4.69) is 42.9 Å². The number of aryl methyl sites for hydroxylation is 1. The smallest absolute Gasteiger partial charge is 0.160 e. The molecule has 0 spiro atoms. The molecule has 0 amide bonds. The Balaban J connectivity index is 2.03. The van der Waals surface area contributed by atoms with E-state index in [0.717, 1.165) is 36.9 Å². The van der Waals surface area contributed by atoms with Crippen molar-refractivity contribution in [3.8, 4) is 5.75 Å². The van der Waals surface area contributed by atoms with Crippen LogP contribution < -0.4 is 4.74 Å². The fourth-order valence-electron chi connectivity index (χ4n) is 2.16. The lowest BCUT2D eigenvalue weighted by Crippen LogP contribution is -1.98. The number of pyridine rings is 1. The monoisotopic (exact) mass is 405 g/mol. The number of hydrogen-bond acceptors (Lipinski definition) is 2. The van der Waals surface area contributed by atoms with Gasteiger partial charge < -0.3 is 4.74 Å². The molecule has 0 atom stereocenters. The van der Waals surface area contributed by atoms with Gasteiger partial charge in [0.25, 0.3) is 0 Å². The normalized spacial score (nSPS) is 10.8. The molecule has 2 aromatic carbocycles. The molecule has 21 heavy (non-hydrogen) atoms. The molecule has 0 aliphatic carbocycles. The lowest BCUT2D eigenvalue weighted by Gasteiger charge is -2.12. The second-order valence-electron chi connectivity index (χ2n) is 4.79. The number of fused-ring (bicyclic) bond motifs is 1. The molecule has 4 heteroatoms. The number of nitrogens with zero attached hydrogens (tertiary/aromatic N) is 1. The van der Waals surface area contributed by atoms with Crippen LogP contribution in [0.3, 0.4) is 0 Å². The van der Waals surface area contributed by atoms with Crippen molar-refractivity contribution in [2.24, 2.45) is 0 Å². The fourth-order valence-corrected chi connectivity index (χ4v) is 3.54. The maximum absolute atomic E-state index is 6.02. The SMILES string of the molecule is Cc1ccc2c(Br)cc(Br)c(OCc3ccccc3)c2n1. The van der Waals surface area contributed by atoms with Gasteiger partial charge in [-0.25, -0.2) is 4.98 Å². The van der Waals surface area contributed by atoms with Crippen molar-refractivity contribution in [1.82, 2.24) is 4.98 Å². The Morgan fingerprint density at radius 1 is 1.00 bits per heavy atom. The van der Waals surface area contributed by atoms with Crippen molar-refractivity contribution < 1.29 is 4.74 Å². The van der Waals surface area contributed by atoms with Gasteiger partial charge in [0.05, 0.1) is 4.47 Å². The van der Waals surface area contributed by atoms with Gasteiger partial charge in [-0.2, -0.15) is 0 Å². The summed E-state index contributed by atoms with van der Waals surface area (Å²) >= 11 is 7.15. The summed E-state index contributed by atoms with van der Waals surface area (Å²) in [6.45, 7) is 2.50. The number of rotatable bonds is 3. The molecule has 0 saturated carbocycles. The molecule has 3 aromatic rings. The van der Waals surface area contributed by atoms with Crippen LogP contribution in [0.15, 0.2) is 57.5 Å². The quantitative estimate of drug-likeness (QED) is 0.560. The second kappa shape index (κ2) is 6.16. The van der Waals surface area contributed by atoms with E-state index in [1.54, 1.807) is 0 Å². The third kappa shape index (κ3) is 3.11. The molecule has 0 aliphatic heterocycles. The molecular formula is C17H13Br2NO. The Morgan fingerprint density at radius 2 is 1.76 bits per heavy atom. The molecule has 0 aliphatic rings. The first kappa shape index (κ1) is 14.5. The van der Waals surface area contributed by atoms with E-state index in [1.807, 2.05) is 49.4 Å². The minimum absolute atomic E-state index is 0.520. The summed E-state index contributed by atoms with van der Waals surface area (Å²) in [5, 5.41) is 1.05. The van der Waals surface area contributed by atoms with Crippen LogP contribution in [0.1, 0.15) is 11.3 Å². The molecule has 0 bridgehead atoms. The van der Waals surface area contributed by atoms with Crippen LogP contribution in [0.5, 0.6) is 5.75 Å². The summed E-state index contributed by atoms with van der Waals surface area (Å²) in [7, 11) is 0. The molecule has 1 heterocycles. The lowest BCUT2D eigenvalue weighted by molar-refractivity contribution is 0.307. The molecule has 0 fully saturated rings. The molecule has 3 rings (SSSR count). The summed E-state index contributed by atoms with van der Waals surface area (Å²) in [6.07, 6.45) is 0. The van der Waals surface area contributed by atoms with Crippen LogP contribution >= 0.6 is 31.9 Å². The third-order valence-electron chi connectivity index (χ3n) is 3.20. The Labute approximate surface area is 140 Å². The molecule has 0 radical (unpaired) electrons. The number of ether oxygens (including phenoxy) is 1. The van der Waals surface area contributed by atoms with E-state index in [4.69, 9.17) is 4.74 Å². The summed E-state index contributed by atoms with van der Waals surface area (Å²) < 4.78 is 7.92. The van der Waals surface area contributed by atoms with Crippen LogP contribution in [0.4, 0.5) is 0 Å². The van der Waals surface area contributed by atoms with Crippen molar-refractivity contribution in [3.63, 3.8) is 0 Å². The first-order valence-electron chi connectivity index (χ1n) is 6.57. The van der Waals surface area contributed by atoms with Crippen LogP contribution in [-0.2, 0) is 6.61 Å². The zero-order chi connectivity index (χ0) is 14.8. The van der Waals surface area contributed by atoms with Gasteiger partial charge in [0.2, 0.25) is 0 Å². The van der Waals surface area contributed by atoms with Gasteiger partial charge >= 0.3 is 0 Å². The largest absolute Gasteiger partial charge is 0.485 e. The predicted octanol–water partition coefficient (Wildman–Crippen LogP) is 5.65. The molecule has 106 valence electrons. The topological polar surface area (TPSA) is 22.1 Å². The number of benzene rings is 2. The zero-order valence-corrected chi connectivity index (χ0v) is 14.6. The molecule has 0 saturated heterocycles. The van der Waals surface area contributed by atoms with Gasteiger partial charge in [-0.05, 0) is 46.6 Å². The van der Waals surface area contributed by atoms with Crippen LogP contribution in [0, 0.1) is 6.92 Å². The summed E-state index contributed by atoms with van der Waals surface area (Å²) in [6, 6.07) is 16.2. The standard InChI is InChI=1S/C17H13Br2NO/c1-11-7-8-13-14(18)9-15(19)17(16(13)20-11)21-10-12-5-3-2-4-6-12/h2-9H,10H2,1H3. The second-order valence-corrected chi connectivity index (χ2v) is 6.50. The van der Waals surface area contributed by atoms with Crippen LogP contribution in [0.25, 0.3) is 10.9 Å². The molecule has 0 N–H and O–H groups in total. The van der Waals surface area contributed by atoms with Crippen molar-refractivity contribution in [2.45, 2.75) is 13.5 Å². The van der Waals surface area contributed by atoms with E-state index in [0.29, 0.717) is 6.61 Å². The Hall–Kier alpha value is -1.39. The van der Waals surface area contributed by atoms with Gasteiger partial charge in [-0.3, -0.25) is 0 Å². The molecular weight excluding hydrogens is 394 g/mol. The average Bonchev–Trinajstić information content (AvgIpc) is 2.47. The number of hydrogen-bond donors (Lipinski definition) is 0. The van der Waals surface area contributed by atoms with Crippen LogP contribution in [0.2, 0.25) is 0 Å². The van der Waals surface area contributed by atoms with Gasteiger partial charge in [-0.15, -0.1) is 0 Å². The van der Waals surface area contributed by atoms with Crippen molar-refractivity contribution in [3.05, 3.63) is 68.7 Å². The zero-order valence-electron chi connectivity index (χ0n) is 11.4. The lowest BCUT2D eigenvalue weighted by atomic mass is 10.2. The average molecular weight is 407 g/mol. The highest BCUT2D eigenvalue weighted by Crippen LogP contribution is 2.38. The minimum Gasteiger partial charge on any atom is -0.485 e. The first-order chi connectivity index (χ1) is 10.1. The predicted molar refractivity (Wildman–Crippen MR) is 92.7 cm³/mol. The van der Waals surface area contributed by atoms with Crippen molar-refractivity contribution >= 4 is 42.8 Å². The maximum Gasteiger partial charge on any atom is 0.160 e. The Bertz CT molecular complexity index is 788. The first-order valence-corrected chi connectivity index (χ1v) is 8.16. The summed E-state index contributed by atoms with van der Waals surface area (Å²) in [5.41, 5.74) is 2.97. The fraction of sp³-hybridized carbons (Fsp3) is 0.118. The third-order valence-corrected chi connectivity index (χ3v) is 4.45. The van der Waals surface area contributed by atoms with E-state index in [9.17, 15) is 0 Å². The maximum atomic E-state index is 6.02. The van der Waals surface area contributed by atoms with Gasteiger partial charge in [-0.1, -0.05) is 46.3 Å². The summed E-state index contributed by atoms with van der Waals surface area (Å²) in [4.78, 5) is 4.62. The molecule has 0 unspecified atom stereocenters. The van der Waals surface area contributed by atoms with E-state index in [-0.39, 0.29) is 0 Å². The van der Waals surface area contributed by atoms with Gasteiger partial charge in [0, 0.05) is 15.6 Å². The molecule has 1 aromatic heterocycles.